The Morgan fingerprint density at radius 1 is 1.32 bits per heavy atom. The van der Waals surface area contributed by atoms with Crippen LogP contribution < -0.4 is 5.73 Å². The molecule has 6 heteroatoms. The first-order chi connectivity index (χ1) is 11.8. The van der Waals surface area contributed by atoms with Crippen LogP contribution in [0.25, 0.3) is 0 Å². The van der Waals surface area contributed by atoms with Gasteiger partial charge in [0.15, 0.2) is 0 Å². The van der Waals surface area contributed by atoms with Gasteiger partial charge in [-0.3, -0.25) is 4.79 Å². The lowest BCUT2D eigenvalue weighted by atomic mass is 9.53. The molecule has 1 saturated carbocycles. The van der Waals surface area contributed by atoms with Crippen molar-refractivity contribution in [3.8, 4) is 0 Å². The summed E-state index contributed by atoms with van der Waals surface area (Å²) in [5.41, 5.74) is 7.95. The van der Waals surface area contributed by atoms with E-state index < -0.39 is 16.1 Å². The third-order valence-corrected chi connectivity index (χ3v) is 6.95. The summed E-state index contributed by atoms with van der Waals surface area (Å²) in [6.45, 7) is 4.35. The SMILES string of the molecule is CCC1=C[C@@H]2[C@@H](C1)C[C@]2(CN)CC(=O)OS(=O)(=O)c1ccc(C)cc1. The molecule has 136 valence electrons. The Hall–Kier alpha value is -1.66. The second-order valence-corrected chi connectivity index (χ2v) is 8.88. The largest absolute Gasteiger partial charge is 0.342 e. The van der Waals surface area contributed by atoms with Gasteiger partial charge in [-0.1, -0.05) is 36.3 Å². The van der Waals surface area contributed by atoms with Gasteiger partial charge in [0.05, 0.1) is 6.42 Å². The van der Waals surface area contributed by atoms with Crippen LogP contribution in [0.4, 0.5) is 0 Å². The van der Waals surface area contributed by atoms with Crippen molar-refractivity contribution in [2.45, 2.75) is 44.4 Å². The summed E-state index contributed by atoms with van der Waals surface area (Å²) in [5.74, 6) is 0.0879. The van der Waals surface area contributed by atoms with E-state index in [-0.39, 0.29) is 22.6 Å². The average molecular weight is 363 g/mol. The van der Waals surface area contributed by atoms with Crippen LogP contribution in [0.3, 0.4) is 0 Å². The molecule has 25 heavy (non-hydrogen) atoms. The molecule has 1 aromatic carbocycles. The highest BCUT2D eigenvalue weighted by Gasteiger charge is 2.55. The smallest absolute Gasteiger partial charge is 0.341 e. The van der Waals surface area contributed by atoms with Crippen molar-refractivity contribution in [3.05, 3.63) is 41.5 Å². The van der Waals surface area contributed by atoms with E-state index in [1.807, 2.05) is 6.92 Å². The fourth-order valence-corrected chi connectivity index (χ4v) is 5.10. The summed E-state index contributed by atoms with van der Waals surface area (Å²) in [7, 11) is -4.08. The molecule has 2 aliphatic rings. The fraction of sp³-hybridized carbons (Fsp3) is 0.526. The van der Waals surface area contributed by atoms with Crippen LogP contribution in [0, 0.1) is 24.2 Å². The normalized spacial score (nSPS) is 28.0. The predicted molar refractivity (Wildman–Crippen MR) is 95.1 cm³/mol. The van der Waals surface area contributed by atoms with Crippen LogP contribution in [-0.2, 0) is 19.1 Å². The Morgan fingerprint density at radius 3 is 2.60 bits per heavy atom. The second-order valence-electron chi connectivity index (χ2n) is 7.34. The molecule has 0 spiro atoms. The van der Waals surface area contributed by atoms with Crippen molar-refractivity contribution >= 4 is 16.1 Å². The third kappa shape index (κ3) is 3.37. The van der Waals surface area contributed by atoms with Crippen LogP contribution in [0.5, 0.6) is 0 Å². The molecule has 0 heterocycles. The molecule has 1 aromatic rings. The summed E-state index contributed by atoms with van der Waals surface area (Å²) < 4.78 is 29.4. The lowest BCUT2D eigenvalue weighted by Crippen LogP contribution is -2.51. The second kappa shape index (κ2) is 6.57. The Balaban J connectivity index is 1.70. The topological polar surface area (TPSA) is 86.5 Å². The molecule has 2 aliphatic carbocycles. The lowest BCUT2D eigenvalue weighted by molar-refractivity contribution is -0.141. The molecular formula is C19H25NO4S. The van der Waals surface area contributed by atoms with Gasteiger partial charge in [-0.15, -0.1) is 0 Å². The number of nitrogens with two attached hydrogens (primary N) is 1. The molecule has 3 atom stereocenters. The molecule has 0 aliphatic heterocycles. The van der Waals surface area contributed by atoms with Gasteiger partial charge in [-0.25, -0.2) is 0 Å². The van der Waals surface area contributed by atoms with E-state index >= 15 is 0 Å². The maximum Gasteiger partial charge on any atom is 0.341 e. The molecule has 0 saturated heterocycles. The van der Waals surface area contributed by atoms with Gasteiger partial charge in [0.2, 0.25) is 0 Å². The van der Waals surface area contributed by atoms with E-state index in [2.05, 4.69) is 13.0 Å². The zero-order chi connectivity index (χ0) is 18.2. The molecular weight excluding hydrogens is 338 g/mol. The van der Waals surface area contributed by atoms with Gasteiger partial charge in [0.1, 0.15) is 4.90 Å². The number of benzene rings is 1. The number of rotatable bonds is 6. The number of hydrogen-bond acceptors (Lipinski definition) is 5. The number of carbonyl (C=O) groups excluding carboxylic acids is 1. The van der Waals surface area contributed by atoms with Gasteiger partial charge in [0.25, 0.3) is 0 Å². The molecule has 0 amide bonds. The van der Waals surface area contributed by atoms with Crippen molar-refractivity contribution in [1.82, 2.24) is 0 Å². The number of fused-ring (bicyclic) bond motifs is 1. The number of allylic oxidation sites excluding steroid dienone is 2. The van der Waals surface area contributed by atoms with Gasteiger partial charge in [-0.05, 0) is 62.1 Å². The maximum absolute atomic E-state index is 12.3. The summed E-state index contributed by atoms with van der Waals surface area (Å²) in [6, 6.07) is 6.24. The minimum atomic E-state index is -4.08. The van der Waals surface area contributed by atoms with Crippen LogP contribution >= 0.6 is 0 Å². The summed E-state index contributed by atoms with van der Waals surface area (Å²) in [4.78, 5) is 12.3. The molecule has 0 bridgehead atoms. The Bertz CT molecular complexity index is 797. The van der Waals surface area contributed by atoms with Crippen molar-refractivity contribution < 1.29 is 17.4 Å². The fourth-order valence-electron chi connectivity index (χ4n) is 4.23. The zero-order valence-corrected chi connectivity index (χ0v) is 15.5. The quantitative estimate of drug-likeness (QED) is 0.620. The average Bonchev–Trinajstić information content (AvgIpc) is 2.90. The van der Waals surface area contributed by atoms with Gasteiger partial charge in [-0.2, -0.15) is 8.42 Å². The highest BCUT2D eigenvalue weighted by Crippen LogP contribution is 2.59. The molecule has 5 nitrogen and oxygen atoms in total. The predicted octanol–water partition coefficient (Wildman–Crippen LogP) is 2.94. The van der Waals surface area contributed by atoms with Crippen LogP contribution in [-0.4, -0.2) is 20.9 Å². The standard InChI is InChI=1S/C19H25NO4S/c1-3-14-8-15-10-19(12-20,17(15)9-14)11-18(21)24-25(22,23)16-6-4-13(2)5-7-16/h4-7,9,15,17H,3,8,10-12,20H2,1-2H3/t15-,17+,19+/m0/s1. The maximum atomic E-state index is 12.3. The lowest BCUT2D eigenvalue weighted by Gasteiger charge is -2.51. The Labute approximate surface area is 149 Å². The van der Waals surface area contributed by atoms with E-state index in [0.29, 0.717) is 12.5 Å². The molecule has 0 radical (unpaired) electrons. The third-order valence-electron chi connectivity index (χ3n) is 5.69. The van der Waals surface area contributed by atoms with E-state index in [1.165, 1.54) is 17.7 Å². The number of aryl methyl sites for hydroxylation is 1. The van der Waals surface area contributed by atoms with Gasteiger partial charge < -0.3 is 9.92 Å². The van der Waals surface area contributed by atoms with Crippen LogP contribution in [0.2, 0.25) is 0 Å². The molecule has 2 N–H and O–H groups in total. The monoisotopic (exact) mass is 363 g/mol. The summed E-state index contributed by atoms with van der Waals surface area (Å²) >= 11 is 0. The highest BCUT2D eigenvalue weighted by molar-refractivity contribution is 7.87. The molecule has 0 unspecified atom stereocenters. The first kappa shape index (κ1) is 18.1. The van der Waals surface area contributed by atoms with Crippen molar-refractivity contribution in [2.75, 3.05) is 6.54 Å². The minimum absolute atomic E-state index is 0.00577. The zero-order valence-electron chi connectivity index (χ0n) is 14.7. The number of hydrogen-bond donors (Lipinski definition) is 1. The Kier molecular flexibility index (Phi) is 4.77. The van der Waals surface area contributed by atoms with Crippen LogP contribution in [0.15, 0.2) is 40.8 Å². The molecule has 0 aromatic heterocycles. The Morgan fingerprint density at radius 2 is 2.00 bits per heavy atom. The summed E-state index contributed by atoms with van der Waals surface area (Å²) in [6.07, 6.45) is 5.22. The van der Waals surface area contributed by atoms with Gasteiger partial charge >= 0.3 is 16.1 Å². The van der Waals surface area contributed by atoms with Crippen molar-refractivity contribution in [3.63, 3.8) is 0 Å². The van der Waals surface area contributed by atoms with Crippen LogP contribution in [0.1, 0.15) is 38.2 Å². The van der Waals surface area contributed by atoms with E-state index in [4.69, 9.17) is 9.92 Å². The van der Waals surface area contributed by atoms with E-state index in [1.54, 1.807) is 12.1 Å². The first-order valence-electron chi connectivity index (χ1n) is 8.73. The highest BCUT2D eigenvalue weighted by atomic mass is 32.2. The number of carbonyl (C=O) groups is 1. The molecule has 3 rings (SSSR count). The minimum Gasteiger partial charge on any atom is -0.342 e. The first-order valence-corrected chi connectivity index (χ1v) is 10.1. The van der Waals surface area contributed by atoms with E-state index in [9.17, 15) is 13.2 Å². The van der Waals surface area contributed by atoms with Gasteiger partial charge in [0, 0.05) is 0 Å². The van der Waals surface area contributed by atoms with E-state index in [0.717, 1.165) is 24.8 Å². The summed E-state index contributed by atoms with van der Waals surface area (Å²) in [5, 5.41) is 0. The molecule has 1 fully saturated rings. The van der Waals surface area contributed by atoms with Crippen molar-refractivity contribution in [2.24, 2.45) is 23.0 Å². The van der Waals surface area contributed by atoms with Crippen molar-refractivity contribution in [1.29, 1.82) is 0 Å².